The quantitative estimate of drug-likeness (QED) is 0.836. The smallest absolute Gasteiger partial charge is 0.208 e. The van der Waals surface area contributed by atoms with Crippen molar-refractivity contribution in [3.63, 3.8) is 0 Å². The largest absolute Gasteiger partial charge is 0.374 e. The van der Waals surface area contributed by atoms with Crippen LogP contribution in [0, 0.1) is 0 Å². The maximum atomic E-state index is 15.0. The van der Waals surface area contributed by atoms with Gasteiger partial charge in [-0.1, -0.05) is 38.1 Å². The van der Waals surface area contributed by atoms with Crippen LogP contribution >= 0.6 is 0 Å². The Bertz CT molecular complexity index is 714. The Hall–Kier alpha value is -1.88. The lowest BCUT2D eigenvalue weighted by Gasteiger charge is -2.48. The number of rotatable bonds is 2. The molecule has 4 rings (SSSR count). The highest BCUT2D eigenvalue weighted by Crippen LogP contribution is 2.47. The number of likely N-dealkylation sites (N-methyl/N-ethyl adjacent to an activating group) is 1. The second-order valence-electron chi connectivity index (χ2n) is 7.92. The first-order valence-electron chi connectivity index (χ1n) is 9.19. The zero-order valence-electron chi connectivity index (χ0n) is 15.1. The van der Waals surface area contributed by atoms with Gasteiger partial charge in [-0.3, -0.25) is 10.1 Å². The van der Waals surface area contributed by atoms with Crippen molar-refractivity contribution >= 4 is 5.78 Å². The van der Waals surface area contributed by atoms with Crippen LogP contribution in [-0.2, 0) is 4.79 Å². The summed E-state index contributed by atoms with van der Waals surface area (Å²) in [5.74, 6) is 0.297. The molecule has 2 fully saturated rings. The molecule has 3 unspecified atom stereocenters. The molecule has 2 aliphatic heterocycles. The van der Waals surface area contributed by atoms with Crippen LogP contribution in [0.1, 0.15) is 56.3 Å². The number of nitrogens with zero attached hydrogens (tertiary/aromatic N) is 2. The molecule has 0 bridgehead atoms. The lowest BCUT2D eigenvalue weighted by atomic mass is 9.75. The van der Waals surface area contributed by atoms with E-state index in [0.717, 1.165) is 18.4 Å². The van der Waals surface area contributed by atoms with E-state index in [1.807, 2.05) is 11.9 Å². The fourth-order valence-corrected chi connectivity index (χ4v) is 4.70. The number of halogens is 1. The minimum Gasteiger partial charge on any atom is -0.374 e. The molecule has 25 heavy (non-hydrogen) atoms. The lowest BCUT2D eigenvalue weighted by Crippen LogP contribution is -2.65. The maximum absolute atomic E-state index is 15.0. The molecule has 1 saturated carbocycles. The molecule has 5 heteroatoms. The Morgan fingerprint density at radius 3 is 2.68 bits per heavy atom. The highest BCUT2D eigenvalue weighted by Gasteiger charge is 2.61. The van der Waals surface area contributed by atoms with Crippen LogP contribution in [0.5, 0.6) is 0 Å². The number of nitrogens with one attached hydrogen (secondary N) is 1. The van der Waals surface area contributed by atoms with Gasteiger partial charge in [0.05, 0.1) is 6.20 Å². The van der Waals surface area contributed by atoms with Gasteiger partial charge < -0.3 is 9.80 Å². The molecule has 1 aromatic rings. The van der Waals surface area contributed by atoms with Gasteiger partial charge in [-0.2, -0.15) is 4.39 Å². The van der Waals surface area contributed by atoms with Gasteiger partial charge in [-0.25, -0.2) is 0 Å². The first-order chi connectivity index (χ1) is 11.9. The van der Waals surface area contributed by atoms with Gasteiger partial charge in [0, 0.05) is 26.1 Å². The summed E-state index contributed by atoms with van der Waals surface area (Å²) in [6.07, 6.45) is 3.53. The summed E-state index contributed by atoms with van der Waals surface area (Å²) in [6.45, 7) is 4.86. The van der Waals surface area contributed by atoms with E-state index >= 15 is 4.39 Å². The molecule has 1 aliphatic carbocycles. The normalized spacial score (nSPS) is 31.9. The van der Waals surface area contributed by atoms with Crippen LogP contribution < -0.4 is 5.32 Å². The van der Waals surface area contributed by atoms with Crippen molar-refractivity contribution in [2.45, 2.75) is 56.8 Å². The molecule has 3 atom stereocenters. The van der Waals surface area contributed by atoms with Crippen molar-refractivity contribution in [2.75, 3.05) is 13.6 Å². The van der Waals surface area contributed by atoms with E-state index in [9.17, 15) is 4.79 Å². The summed E-state index contributed by atoms with van der Waals surface area (Å²) in [5, 5.41) is 3.57. The molecule has 4 nitrogen and oxygen atoms in total. The van der Waals surface area contributed by atoms with Crippen LogP contribution in [0.2, 0.25) is 0 Å². The highest BCUT2D eigenvalue weighted by atomic mass is 19.1. The summed E-state index contributed by atoms with van der Waals surface area (Å²) in [4.78, 5) is 16.5. The number of ketones is 1. The molecular formula is C20H26FN3O. The molecule has 0 radical (unpaired) electrons. The fourth-order valence-electron chi connectivity index (χ4n) is 4.70. The van der Waals surface area contributed by atoms with Crippen molar-refractivity contribution in [3.05, 3.63) is 47.5 Å². The number of hydrogen-bond acceptors (Lipinski definition) is 4. The fraction of sp³-hybridized carbons (Fsp3) is 0.550. The molecule has 1 spiro atoms. The van der Waals surface area contributed by atoms with Gasteiger partial charge in [-0.05, 0) is 29.9 Å². The zero-order chi connectivity index (χ0) is 17.8. The van der Waals surface area contributed by atoms with Gasteiger partial charge in [0.1, 0.15) is 11.7 Å². The highest BCUT2D eigenvalue weighted by molar-refractivity contribution is 5.91. The van der Waals surface area contributed by atoms with E-state index in [1.165, 1.54) is 11.8 Å². The van der Waals surface area contributed by atoms with Gasteiger partial charge in [0.2, 0.25) is 5.95 Å². The summed E-state index contributed by atoms with van der Waals surface area (Å²) < 4.78 is 15.0. The first-order valence-corrected chi connectivity index (χ1v) is 9.19. The third-order valence-corrected chi connectivity index (χ3v) is 5.97. The van der Waals surface area contributed by atoms with Gasteiger partial charge in [0.25, 0.3) is 0 Å². The Kier molecular flexibility index (Phi) is 3.87. The predicted molar refractivity (Wildman–Crippen MR) is 95.4 cm³/mol. The van der Waals surface area contributed by atoms with E-state index in [0.29, 0.717) is 18.9 Å². The number of Topliss-reactive ketones (excluding diaryl/α,β-unsaturated/α-hetero) is 1. The van der Waals surface area contributed by atoms with E-state index in [2.05, 4.69) is 43.4 Å². The van der Waals surface area contributed by atoms with E-state index in [4.69, 9.17) is 0 Å². The molecule has 1 N–H and O–H groups in total. The number of hydrogen-bond donors (Lipinski definition) is 1. The van der Waals surface area contributed by atoms with Crippen molar-refractivity contribution in [2.24, 2.45) is 0 Å². The maximum Gasteiger partial charge on any atom is 0.208 e. The summed E-state index contributed by atoms with van der Waals surface area (Å²) in [6, 6.07) is 8.33. The second-order valence-corrected chi connectivity index (χ2v) is 7.92. The van der Waals surface area contributed by atoms with E-state index in [-0.39, 0.29) is 23.9 Å². The lowest BCUT2D eigenvalue weighted by molar-refractivity contribution is -0.135. The summed E-state index contributed by atoms with van der Waals surface area (Å²) in [7, 11) is 1.84. The minimum absolute atomic E-state index is 0.00887. The Balaban J connectivity index is 1.77. The predicted octanol–water partition coefficient (Wildman–Crippen LogP) is 3.29. The molecule has 0 aromatic heterocycles. The molecule has 3 aliphatic rings. The van der Waals surface area contributed by atoms with Crippen LogP contribution in [0.25, 0.3) is 0 Å². The zero-order valence-corrected chi connectivity index (χ0v) is 15.1. The molecule has 0 amide bonds. The third-order valence-electron chi connectivity index (χ3n) is 5.97. The van der Waals surface area contributed by atoms with Crippen molar-refractivity contribution in [1.29, 1.82) is 0 Å². The van der Waals surface area contributed by atoms with Crippen LogP contribution in [0.3, 0.4) is 0 Å². The average molecular weight is 343 g/mol. The van der Waals surface area contributed by atoms with Crippen molar-refractivity contribution in [1.82, 2.24) is 15.1 Å². The Morgan fingerprint density at radius 2 is 2.00 bits per heavy atom. The van der Waals surface area contributed by atoms with E-state index < -0.39 is 5.54 Å². The molecule has 1 aromatic carbocycles. The van der Waals surface area contributed by atoms with Crippen LogP contribution in [0.15, 0.2) is 36.4 Å². The molecular weight excluding hydrogens is 317 g/mol. The summed E-state index contributed by atoms with van der Waals surface area (Å²) >= 11 is 0. The Morgan fingerprint density at radius 1 is 1.28 bits per heavy atom. The standard InChI is InChI=1S/C20H26FN3O/c1-13(2)14-7-9-15(10-8-14)19-22-16-5-4-6-17(25)20(16)12-23(3)11-18(21)24(19)20/h7-11,13,16,19,22H,4-6,12H2,1-3H3. The second kappa shape index (κ2) is 5.84. The molecule has 1 saturated heterocycles. The monoisotopic (exact) mass is 343 g/mol. The number of carbonyl (C=O) groups excluding carboxylic acids is 1. The number of carbonyl (C=O) groups is 1. The van der Waals surface area contributed by atoms with Crippen molar-refractivity contribution in [3.8, 4) is 0 Å². The summed E-state index contributed by atoms with van der Waals surface area (Å²) in [5.41, 5.74) is 1.49. The first kappa shape index (κ1) is 16.6. The molecule has 2 heterocycles. The van der Waals surface area contributed by atoms with Gasteiger partial charge in [0.15, 0.2) is 5.78 Å². The van der Waals surface area contributed by atoms with E-state index in [1.54, 1.807) is 4.90 Å². The Labute approximate surface area is 148 Å². The average Bonchev–Trinajstić information content (AvgIpc) is 2.92. The van der Waals surface area contributed by atoms with Crippen LogP contribution in [0.4, 0.5) is 4.39 Å². The third kappa shape index (κ3) is 2.40. The number of benzene rings is 1. The SMILES string of the molecule is CC(C)c1ccc(C2NC3CCCC(=O)C34CN(C)C=C(F)N24)cc1. The topological polar surface area (TPSA) is 35.6 Å². The van der Waals surface area contributed by atoms with Gasteiger partial charge in [-0.15, -0.1) is 0 Å². The van der Waals surface area contributed by atoms with Gasteiger partial charge >= 0.3 is 0 Å². The van der Waals surface area contributed by atoms with Crippen molar-refractivity contribution < 1.29 is 9.18 Å². The van der Waals surface area contributed by atoms with Crippen LogP contribution in [-0.4, -0.2) is 40.8 Å². The molecule has 134 valence electrons. The minimum atomic E-state index is -0.785.